The molecular formula is C12H13BrN2. The fourth-order valence-electron chi connectivity index (χ4n) is 2.38. The maximum absolute atomic E-state index is 4.56. The summed E-state index contributed by atoms with van der Waals surface area (Å²) in [5, 5.41) is 5.87. The molecule has 3 heteroatoms. The molecule has 1 aromatic heterocycles. The lowest BCUT2D eigenvalue weighted by molar-refractivity contribution is 0.399. The quantitative estimate of drug-likeness (QED) is 0.770. The van der Waals surface area contributed by atoms with Gasteiger partial charge in [0.25, 0.3) is 0 Å². The van der Waals surface area contributed by atoms with Gasteiger partial charge in [-0.05, 0) is 25.0 Å². The Morgan fingerprint density at radius 1 is 1.40 bits per heavy atom. The summed E-state index contributed by atoms with van der Waals surface area (Å²) < 4.78 is 3.23. The van der Waals surface area contributed by atoms with Crippen molar-refractivity contribution in [1.29, 1.82) is 0 Å². The van der Waals surface area contributed by atoms with Crippen molar-refractivity contribution >= 4 is 26.8 Å². The highest BCUT2D eigenvalue weighted by Crippen LogP contribution is 2.41. The van der Waals surface area contributed by atoms with Crippen molar-refractivity contribution in [2.24, 2.45) is 7.05 Å². The Kier molecular flexibility index (Phi) is 2.09. The molecule has 78 valence electrons. The molecule has 1 aliphatic rings. The Morgan fingerprint density at radius 3 is 2.87 bits per heavy atom. The maximum atomic E-state index is 4.56. The molecule has 0 bridgehead atoms. The van der Waals surface area contributed by atoms with E-state index < -0.39 is 0 Å². The van der Waals surface area contributed by atoms with E-state index >= 15 is 0 Å². The largest absolute Gasteiger partial charge is 0.271 e. The monoisotopic (exact) mass is 264 g/mol. The minimum absolute atomic E-state index is 0.721. The van der Waals surface area contributed by atoms with Crippen LogP contribution >= 0.6 is 15.9 Å². The van der Waals surface area contributed by atoms with E-state index in [1.807, 2.05) is 6.07 Å². The highest BCUT2D eigenvalue weighted by atomic mass is 79.9. The smallest absolute Gasteiger partial charge is 0.0937 e. The van der Waals surface area contributed by atoms with Crippen LogP contribution in [0.2, 0.25) is 0 Å². The van der Waals surface area contributed by atoms with Crippen LogP contribution in [0.15, 0.2) is 22.7 Å². The van der Waals surface area contributed by atoms with Crippen LogP contribution in [0.3, 0.4) is 0 Å². The maximum Gasteiger partial charge on any atom is 0.0937 e. The lowest BCUT2D eigenvalue weighted by atomic mass is 9.82. The Labute approximate surface area is 97.4 Å². The molecule has 1 aromatic carbocycles. The van der Waals surface area contributed by atoms with Gasteiger partial charge < -0.3 is 0 Å². The van der Waals surface area contributed by atoms with Crippen molar-refractivity contribution < 1.29 is 0 Å². The van der Waals surface area contributed by atoms with Crippen molar-refractivity contribution in [3.63, 3.8) is 0 Å². The van der Waals surface area contributed by atoms with Gasteiger partial charge in [0.15, 0.2) is 0 Å². The summed E-state index contributed by atoms with van der Waals surface area (Å²) in [4.78, 5) is 0. The normalized spacial score (nSPS) is 16.9. The average molecular weight is 265 g/mol. The van der Waals surface area contributed by atoms with E-state index in [2.05, 4.69) is 44.9 Å². The third kappa shape index (κ3) is 1.33. The van der Waals surface area contributed by atoms with Crippen LogP contribution < -0.4 is 0 Å². The number of halogens is 1. The molecule has 1 saturated carbocycles. The number of benzene rings is 1. The second-order valence-electron chi connectivity index (χ2n) is 4.27. The standard InChI is InChI=1S/C12H13BrN2/c1-15-12(8-4-2-5-8)11-9(13)6-3-7-10(11)14-15/h3,6-8H,2,4-5H2,1H3. The minimum atomic E-state index is 0.721. The zero-order valence-electron chi connectivity index (χ0n) is 8.70. The molecule has 0 saturated heterocycles. The van der Waals surface area contributed by atoms with Crippen LogP contribution in [0.5, 0.6) is 0 Å². The summed E-state index contributed by atoms with van der Waals surface area (Å²) in [5.74, 6) is 0.721. The van der Waals surface area contributed by atoms with E-state index in [0.29, 0.717) is 0 Å². The van der Waals surface area contributed by atoms with Crippen molar-refractivity contribution in [2.45, 2.75) is 25.2 Å². The van der Waals surface area contributed by atoms with Crippen LogP contribution in [0.1, 0.15) is 30.9 Å². The van der Waals surface area contributed by atoms with E-state index in [1.165, 1.54) is 34.8 Å². The van der Waals surface area contributed by atoms with Gasteiger partial charge in [-0.1, -0.05) is 28.4 Å². The third-order valence-electron chi connectivity index (χ3n) is 3.35. The Hall–Kier alpha value is -0.830. The van der Waals surface area contributed by atoms with Crippen LogP contribution in [0.25, 0.3) is 10.9 Å². The predicted molar refractivity (Wildman–Crippen MR) is 65.0 cm³/mol. The van der Waals surface area contributed by atoms with Gasteiger partial charge in [-0.2, -0.15) is 5.10 Å². The molecule has 0 amide bonds. The van der Waals surface area contributed by atoms with Crippen LogP contribution in [-0.2, 0) is 7.05 Å². The molecule has 0 N–H and O–H groups in total. The zero-order valence-corrected chi connectivity index (χ0v) is 10.3. The molecule has 3 rings (SSSR count). The highest BCUT2D eigenvalue weighted by Gasteiger charge is 2.25. The molecule has 2 nitrogen and oxygen atoms in total. The minimum Gasteiger partial charge on any atom is -0.271 e. The topological polar surface area (TPSA) is 17.8 Å². The second-order valence-corrected chi connectivity index (χ2v) is 5.12. The van der Waals surface area contributed by atoms with E-state index in [9.17, 15) is 0 Å². The first-order valence-corrected chi connectivity index (χ1v) is 6.18. The summed E-state index contributed by atoms with van der Waals surface area (Å²) in [6.45, 7) is 0. The summed E-state index contributed by atoms with van der Waals surface area (Å²) in [5.41, 5.74) is 2.51. The summed E-state index contributed by atoms with van der Waals surface area (Å²) >= 11 is 3.63. The van der Waals surface area contributed by atoms with Crippen molar-refractivity contribution in [1.82, 2.24) is 9.78 Å². The Balaban J connectivity index is 2.30. The van der Waals surface area contributed by atoms with Crippen molar-refractivity contribution in [3.05, 3.63) is 28.4 Å². The number of hydrogen-bond acceptors (Lipinski definition) is 1. The molecular weight excluding hydrogens is 252 g/mol. The molecule has 1 fully saturated rings. The van der Waals surface area contributed by atoms with Gasteiger partial charge in [0.1, 0.15) is 0 Å². The molecule has 1 aliphatic carbocycles. The van der Waals surface area contributed by atoms with Crippen LogP contribution in [-0.4, -0.2) is 9.78 Å². The van der Waals surface area contributed by atoms with E-state index in [0.717, 1.165) is 11.4 Å². The SMILES string of the molecule is Cn1nc2cccc(Br)c2c1C1CCC1. The number of aromatic nitrogens is 2. The predicted octanol–water partition coefficient (Wildman–Crippen LogP) is 3.60. The molecule has 0 unspecified atom stereocenters. The second kappa shape index (κ2) is 3.34. The summed E-state index contributed by atoms with van der Waals surface area (Å²) in [6, 6.07) is 6.23. The number of fused-ring (bicyclic) bond motifs is 1. The summed E-state index contributed by atoms with van der Waals surface area (Å²) in [7, 11) is 2.06. The molecule has 15 heavy (non-hydrogen) atoms. The first kappa shape index (κ1) is 9.40. The van der Waals surface area contributed by atoms with Crippen LogP contribution in [0, 0.1) is 0 Å². The number of nitrogens with zero attached hydrogens (tertiary/aromatic N) is 2. The van der Waals surface area contributed by atoms with Crippen LogP contribution in [0.4, 0.5) is 0 Å². The molecule has 1 heterocycles. The number of rotatable bonds is 1. The first-order chi connectivity index (χ1) is 7.27. The lowest BCUT2D eigenvalue weighted by Crippen LogP contribution is -2.13. The molecule has 0 radical (unpaired) electrons. The van der Waals surface area contributed by atoms with Gasteiger partial charge in [0, 0.05) is 22.8 Å². The fraction of sp³-hybridized carbons (Fsp3) is 0.417. The first-order valence-electron chi connectivity index (χ1n) is 5.38. The van der Waals surface area contributed by atoms with E-state index in [4.69, 9.17) is 0 Å². The van der Waals surface area contributed by atoms with E-state index in [-0.39, 0.29) is 0 Å². The molecule has 2 aromatic rings. The van der Waals surface area contributed by atoms with Gasteiger partial charge in [-0.25, -0.2) is 0 Å². The molecule has 0 atom stereocenters. The van der Waals surface area contributed by atoms with Crippen molar-refractivity contribution in [3.8, 4) is 0 Å². The van der Waals surface area contributed by atoms with Crippen molar-refractivity contribution in [2.75, 3.05) is 0 Å². The highest BCUT2D eigenvalue weighted by molar-refractivity contribution is 9.10. The lowest BCUT2D eigenvalue weighted by Gasteiger charge is -2.26. The molecule has 0 aliphatic heterocycles. The fourth-order valence-corrected chi connectivity index (χ4v) is 2.94. The summed E-state index contributed by atoms with van der Waals surface area (Å²) in [6.07, 6.45) is 3.99. The van der Waals surface area contributed by atoms with E-state index in [1.54, 1.807) is 0 Å². The average Bonchev–Trinajstić information content (AvgIpc) is 2.42. The van der Waals surface area contributed by atoms with Gasteiger partial charge in [0.2, 0.25) is 0 Å². The Bertz CT molecular complexity index is 512. The number of hydrogen-bond donors (Lipinski definition) is 0. The van der Waals surface area contributed by atoms with Gasteiger partial charge in [0.05, 0.1) is 11.2 Å². The van der Waals surface area contributed by atoms with Gasteiger partial charge in [-0.3, -0.25) is 4.68 Å². The zero-order chi connectivity index (χ0) is 10.4. The number of aryl methyl sites for hydroxylation is 1. The van der Waals surface area contributed by atoms with Gasteiger partial charge in [-0.15, -0.1) is 0 Å². The molecule has 0 spiro atoms. The van der Waals surface area contributed by atoms with Gasteiger partial charge >= 0.3 is 0 Å². The Morgan fingerprint density at radius 2 is 2.20 bits per heavy atom. The third-order valence-corrected chi connectivity index (χ3v) is 4.01.